The van der Waals surface area contributed by atoms with Crippen molar-refractivity contribution in [3.63, 3.8) is 0 Å². The second kappa shape index (κ2) is 8.99. The van der Waals surface area contributed by atoms with Gasteiger partial charge in [-0.3, -0.25) is 9.13 Å². The summed E-state index contributed by atoms with van der Waals surface area (Å²) in [5.41, 5.74) is 1.22. The third-order valence-corrected chi connectivity index (χ3v) is 9.53. The molecule has 14 heteroatoms. The zero-order valence-corrected chi connectivity index (χ0v) is 18.9. The van der Waals surface area contributed by atoms with Gasteiger partial charge in [-0.15, -0.1) is 5.10 Å². The topological polar surface area (TPSA) is 195 Å². The Labute approximate surface area is 187 Å². The van der Waals surface area contributed by atoms with Gasteiger partial charge < -0.3 is 34.7 Å². The molecule has 12 nitrogen and oxygen atoms in total. The van der Waals surface area contributed by atoms with Gasteiger partial charge in [-0.1, -0.05) is 41.6 Å². The molecule has 1 aliphatic heterocycles. The molecule has 2 aromatic carbocycles. The minimum atomic E-state index is -4.80. The summed E-state index contributed by atoms with van der Waals surface area (Å²) < 4.78 is 29.8. The molecule has 6 atom stereocenters. The van der Waals surface area contributed by atoms with Crippen LogP contribution in [0.5, 0.6) is 0 Å². The van der Waals surface area contributed by atoms with Gasteiger partial charge in [0, 0.05) is 5.56 Å². The Kier molecular flexibility index (Phi) is 6.58. The average Bonchev–Trinajstić information content (AvgIpc) is 3.31. The highest BCUT2D eigenvalue weighted by atomic mass is 31.2. The Morgan fingerprint density at radius 2 is 1.73 bits per heavy atom. The van der Waals surface area contributed by atoms with E-state index in [0.29, 0.717) is 5.69 Å². The molecule has 0 spiro atoms. The van der Waals surface area contributed by atoms with Gasteiger partial charge in [0.15, 0.2) is 6.23 Å². The maximum atomic E-state index is 12.1. The van der Waals surface area contributed by atoms with E-state index in [1.165, 1.54) is 10.9 Å². The summed E-state index contributed by atoms with van der Waals surface area (Å²) in [4.78, 5) is 27.7. The van der Waals surface area contributed by atoms with E-state index in [2.05, 4.69) is 10.3 Å². The summed E-state index contributed by atoms with van der Waals surface area (Å²) in [6.07, 6.45) is -7.14. The van der Waals surface area contributed by atoms with Crippen molar-refractivity contribution in [3.8, 4) is 11.3 Å². The Morgan fingerprint density at radius 3 is 2.42 bits per heavy atom. The zero-order valence-electron chi connectivity index (χ0n) is 17.1. The Balaban J connectivity index is 1.50. The van der Waals surface area contributed by atoms with Crippen LogP contribution >= 0.6 is 15.0 Å². The smallest absolute Gasteiger partial charge is 0.335 e. The summed E-state index contributed by atoms with van der Waals surface area (Å²) in [6, 6.07) is 13.4. The van der Waals surface area contributed by atoms with E-state index in [0.717, 1.165) is 16.3 Å². The third kappa shape index (κ3) is 5.41. The van der Waals surface area contributed by atoms with E-state index in [1.807, 2.05) is 42.5 Å². The molecule has 0 amide bonds. The fraction of sp³-hybridized carbons (Fsp3) is 0.368. The monoisotopic (exact) mass is 499 g/mol. The molecular weight excluding hydrogens is 476 g/mol. The van der Waals surface area contributed by atoms with Gasteiger partial charge in [0.2, 0.25) is 7.37 Å². The Hall–Kier alpha value is -1.98. The first-order valence-electron chi connectivity index (χ1n) is 9.90. The standard InChI is InChI=1S/C19H23N3O9P2/c23-15(9-32(26,27)10-33(28,29)30)18-16(24)17(25)19(31-18)22-8-14(20-21-22)13-6-5-11-3-1-2-4-12(11)7-13/h1-8,15-19,23-25H,9-10H2,(H,26,27)(H2,28,29,30)/t15-,16+,17-,18-,19-/m1/s1. The fourth-order valence-corrected chi connectivity index (χ4v) is 7.40. The molecule has 178 valence electrons. The van der Waals surface area contributed by atoms with Crippen molar-refractivity contribution >= 4 is 25.7 Å². The highest BCUT2D eigenvalue weighted by molar-refractivity contribution is 7.72. The molecule has 0 radical (unpaired) electrons. The van der Waals surface area contributed by atoms with Gasteiger partial charge in [-0.25, -0.2) is 4.68 Å². The number of fused-ring (bicyclic) bond motifs is 1. The van der Waals surface area contributed by atoms with Crippen LogP contribution in [0.25, 0.3) is 22.0 Å². The molecule has 1 saturated heterocycles. The van der Waals surface area contributed by atoms with Gasteiger partial charge in [0.05, 0.1) is 18.5 Å². The predicted octanol–water partition coefficient (Wildman–Crippen LogP) is 0.484. The summed E-state index contributed by atoms with van der Waals surface area (Å²) in [5, 5.41) is 41.1. The largest absolute Gasteiger partial charge is 0.390 e. The Morgan fingerprint density at radius 1 is 1.03 bits per heavy atom. The van der Waals surface area contributed by atoms with Crippen molar-refractivity contribution in [2.45, 2.75) is 30.6 Å². The van der Waals surface area contributed by atoms with Crippen LogP contribution in [0.15, 0.2) is 48.7 Å². The lowest BCUT2D eigenvalue weighted by atomic mass is 10.1. The number of hydrogen-bond acceptors (Lipinski definition) is 8. The van der Waals surface area contributed by atoms with Crippen LogP contribution in [-0.2, 0) is 13.9 Å². The number of hydrogen-bond donors (Lipinski definition) is 6. The molecule has 2 heterocycles. The van der Waals surface area contributed by atoms with Crippen LogP contribution in [0, 0.1) is 0 Å². The van der Waals surface area contributed by atoms with Crippen molar-refractivity contribution in [1.82, 2.24) is 15.0 Å². The van der Waals surface area contributed by atoms with Crippen molar-refractivity contribution < 1.29 is 43.9 Å². The molecule has 4 rings (SSSR count). The van der Waals surface area contributed by atoms with Crippen molar-refractivity contribution in [2.75, 3.05) is 12.1 Å². The van der Waals surface area contributed by atoms with E-state index in [4.69, 9.17) is 14.5 Å². The van der Waals surface area contributed by atoms with Crippen LogP contribution in [0.3, 0.4) is 0 Å². The molecule has 0 saturated carbocycles. The van der Waals surface area contributed by atoms with E-state index in [-0.39, 0.29) is 0 Å². The summed E-state index contributed by atoms with van der Waals surface area (Å²) >= 11 is 0. The molecule has 1 aromatic heterocycles. The maximum absolute atomic E-state index is 12.1. The SMILES string of the molecule is O=P(O)(O)CP(=O)(O)C[C@@H](O)[C@H]1O[C@@H](n2cc(-c3ccc4ccccc4c3)nn2)[C@H](O)[C@@H]1O. The maximum Gasteiger partial charge on any atom is 0.335 e. The molecular formula is C19H23N3O9P2. The molecule has 33 heavy (non-hydrogen) atoms. The lowest BCUT2D eigenvalue weighted by molar-refractivity contribution is -0.0828. The first-order chi connectivity index (χ1) is 15.4. The van der Waals surface area contributed by atoms with Gasteiger partial charge in [-0.05, 0) is 16.8 Å². The number of aromatic nitrogens is 3. The quantitative estimate of drug-likeness (QED) is 0.248. The summed E-state index contributed by atoms with van der Waals surface area (Å²) in [7, 11) is -9.24. The van der Waals surface area contributed by atoms with Gasteiger partial charge in [-0.2, -0.15) is 0 Å². The number of rotatable bonds is 7. The number of nitrogens with zero attached hydrogens (tertiary/aromatic N) is 3. The molecule has 0 aliphatic carbocycles. The van der Waals surface area contributed by atoms with Crippen LogP contribution < -0.4 is 0 Å². The van der Waals surface area contributed by atoms with E-state index in [9.17, 15) is 29.3 Å². The second-order valence-electron chi connectivity index (χ2n) is 8.02. The van der Waals surface area contributed by atoms with E-state index in [1.54, 1.807) is 0 Å². The second-order valence-corrected chi connectivity index (χ2v) is 12.5. The molecule has 1 unspecified atom stereocenters. The average molecular weight is 499 g/mol. The minimum Gasteiger partial charge on any atom is -0.390 e. The minimum absolute atomic E-state index is 0.469. The number of aliphatic hydroxyl groups is 3. The summed E-state index contributed by atoms with van der Waals surface area (Å²) in [6.45, 7) is 0. The molecule has 0 bridgehead atoms. The summed E-state index contributed by atoms with van der Waals surface area (Å²) in [5.74, 6) is -1.32. The van der Waals surface area contributed by atoms with Crippen LogP contribution in [-0.4, -0.2) is 81.5 Å². The number of aliphatic hydroxyl groups excluding tert-OH is 3. The lowest BCUT2D eigenvalue weighted by Gasteiger charge is -2.23. The van der Waals surface area contributed by atoms with E-state index < -0.39 is 57.7 Å². The van der Waals surface area contributed by atoms with Crippen molar-refractivity contribution in [3.05, 3.63) is 48.7 Å². The predicted molar refractivity (Wildman–Crippen MR) is 116 cm³/mol. The molecule has 1 fully saturated rings. The molecule has 1 aliphatic rings. The highest BCUT2D eigenvalue weighted by Crippen LogP contribution is 2.55. The van der Waals surface area contributed by atoms with Gasteiger partial charge >= 0.3 is 7.60 Å². The highest BCUT2D eigenvalue weighted by Gasteiger charge is 2.49. The number of benzene rings is 2. The fourth-order valence-electron chi connectivity index (χ4n) is 3.85. The van der Waals surface area contributed by atoms with E-state index >= 15 is 0 Å². The van der Waals surface area contributed by atoms with Gasteiger partial charge in [0.1, 0.15) is 29.9 Å². The Bertz CT molecular complexity index is 1250. The van der Waals surface area contributed by atoms with Crippen molar-refractivity contribution in [1.29, 1.82) is 0 Å². The van der Waals surface area contributed by atoms with Crippen molar-refractivity contribution in [2.24, 2.45) is 0 Å². The molecule has 6 N–H and O–H groups in total. The van der Waals surface area contributed by atoms with Crippen LogP contribution in [0.4, 0.5) is 0 Å². The number of ether oxygens (including phenoxy) is 1. The normalized spacial score (nSPS) is 26.4. The molecule has 3 aromatic rings. The lowest BCUT2D eigenvalue weighted by Crippen LogP contribution is -2.40. The van der Waals surface area contributed by atoms with Gasteiger partial charge in [0.25, 0.3) is 0 Å². The first-order valence-corrected chi connectivity index (χ1v) is 13.7. The van der Waals surface area contributed by atoms with Crippen LogP contribution in [0.1, 0.15) is 6.23 Å². The van der Waals surface area contributed by atoms with Crippen LogP contribution in [0.2, 0.25) is 0 Å². The third-order valence-electron chi connectivity index (χ3n) is 5.35. The zero-order chi connectivity index (χ0) is 24.0. The first kappa shape index (κ1) is 24.2.